The van der Waals surface area contributed by atoms with E-state index in [1.165, 1.54) is 10.6 Å². The molecule has 0 saturated carbocycles. The number of aromatic carboxylic acids is 1. The van der Waals surface area contributed by atoms with Crippen molar-refractivity contribution < 1.29 is 33.3 Å². The molecule has 2 aromatic carbocycles. The van der Waals surface area contributed by atoms with Gasteiger partial charge in [-0.1, -0.05) is 35.6 Å². The largest absolute Gasteiger partial charge is 0.478 e. The first-order valence-electron chi connectivity index (χ1n) is 12.4. The number of hydrogen-bond donors (Lipinski definition) is 1. The number of benzene rings is 2. The predicted molar refractivity (Wildman–Crippen MR) is 144 cm³/mol. The molecule has 0 radical (unpaired) electrons. The van der Waals surface area contributed by atoms with Gasteiger partial charge in [0.15, 0.2) is 16.3 Å². The van der Waals surface area contributed by atoms with Crippen LogP contribution in [0.25, 0.3) is 17.4 Å². The van der Waals surface area contributed by atoms with Crippen LogP contribution in [0, 0.1) is 0 Å². The molecule has 2 aliphatic heterocycles. The van der Waals surface area contributed by atoms with Crippen molar-refractivity contribution in [3.8, 4) is 22.8 Å². The normalized spacial score (nSPS) is 16.1. The molecule has 2 aromatic heterocycles. The fraction of sp³-hybridized carbons (Fsp3) is 0.172. The van der Waals surface area contributed by atoms with Crippen molar-refractivity contribution in [2.75, 3.05) is 13.4 Å². The number of fused-ring (bicyclic) bond motifs is 2. The van der Waals surface area contributed by atoms with Gasteiger partial charge in [-0.15, -0.1) is 0 Å². The number of esters is 1. The average Bonchev–Trinajstić information content (AvgIpc) is 3.67. The zero-order chi connectivity index (χ0) is 28.0. The Bertz CT molecular complexity index is 1890. The van der Waals surface area contributed by atoms with Gasteiger partial charge in [-0.3, -0.25) is 9.36 Å². The first-order valence-corrected chi connectivity index (χ1v) is 13.2. The quantitative estimate of drug-likeness (QED) is 0.356. The highest BCUT2D eigenvalue weighted by Gasteiger charge is 2.34. The minimum Gasteiger partial charge on any atom is -0.478 e. The molecule has 0 bridgehead atoms. The smallest absolute Gasteiger partial charge is 0.338 e. The molecule has 0 spiro atoms. The highest BCUT2D eigenvalue weighted by molar-refractivity contribution is 7.07. The molecule has 0 aliphatic carbocycles. The molecule has 0 amide bonds. The highest BCUT2D eigenvalue weighted by atomic mass is 32.1. The maximum Gasteiger partial charge on any atom is 0.338 e. The summed E-state index contributed by atoms with van der Waals surface area (Å²) in [6.45, 7) is 3.68. The molecule has 0 unspecified atom stereocenters. The van der Waals surface area contributed by atoms with Gasteiger partial charge in [-0.25, -0.2) is 14.6 Å². The molecule has 2 aliphatic rings. The zero-order valence-corrected chi connectivity index (χ0v) is 22.2. The van der Waals surface area contributed by atoms with Crippen molar-refractivity contribution in [1.29, 1.82) is 0 Å². The summed E-state index contributed by atoms with van der Waals surface area (Å²) in [6.07, 6.45) is 1.58. The molecule has 1 atom stereocenters. The maximum atomic E-state index is 13.8. The third-order valence-electron chi connectivity index (χ3n) is 6.55. The van der Waals surface area contributed by atoms with Gasteiger partial charge < -0.3 is 23.7 Å². The lowest BCUT2D eigenvalue weighted by molar-refractivity contribution is -0.139. The van der Waals surface area contributed by atoms with E-state index in [4.69, 9.17) is 18.6 Å². The summed E-state index contributed by atoms with van der Waals surface area (Å²) >= 11 is 1.16. The topological polar surface area (TPSA) is 130 Å². The van der Waals surface area contributed by atoms with Gasteiger partial charge in [0.05, 0.1) is 34.0 Å². The van der Waals surface area contributed by atoms with Crippen LogP contribution in [0.3, 0.4) is 0 Å². The van der Waals surface area contributed by atoms with Crippen LogP contribution < -0.4 is 24.4 Å². The minimum absolute atomic E-state index is 0.0865. The van der Waals surface area contributed by atoms with Crippen molar-refractivity contribution in [1.82, 2.24) is 4.57 Å². The second-order valence-electron chi connectivity index (χ2n) is 8.97. The summed E-state index contributed by atoms with van der Waals surface area (Å²) < 4.78 is 24.0. The monoisotopic (exact) mass is 558 g/mol. The standard InChI is InChI=1S/C29H22N2O8S/c1-3-36-28(35)24-15(2)30-29-31(25(24)16-8-10-21-22(12-16)38-14-37-21)26(32)23(40-29)13-17-9-11-20(39-17)18-6-4-5-7-19(18)27(33)34/h4-13,25H,3,14H2,1-2H3,(H,33,34)/t25-/m1/s1. The van der Waals surface area contributed by atoms with Gasteiger partial charge in [-0.05, 0) is 49.7 Å². The number of rotatable bonds is 6. The predicted octanol–water partition coefficient (Wildman–Crippen LogP) is 3.49. The Labute approximate surface area is 230 Å². The lowest BCUT2D eigenvalue weighted by Crippen LogP contribution is -2.39. The Kier molecular flexibility index (Phi) is 6.35. The molecule has 4 aromatic rings. The van der Waals surface area contributed by atoms with Crippen molar-refractivity contribution in [3.05, 3.63) is 102 Å². The first kappa shape index (κ1) is 25.4. The second kappa shape index (κ2) is 10.0. The van der Waals surface area contributed by atoms with Crippen molar-refractivity contribution in [2.45, 2.75) is 19.9 Å². The number of carbonyl (C=O) groups excluding carboxylic acids is 1. The van der Waals surface area contributed by atoms with Gasteiger partial charge in [0.1, 0.15) is 11.5 Å². The van der Waals surface area contributed by atoms with Crippen LogP contribution in [-0.2, 0) is 9.53 Å². The van der Waals surface area contributed by atoms with Crippen molar-refractivity contribution in [2.24, 2.45) is 4.99 Å². The number of carboxylic acids is 1. The molecule has 0 saturated heterocycles. The molecule has 10 nitrogen and oxygen atoms in total. The summed E-state index contributed by atoms with van der Waals surface area (Å²) in [7, 11) is 0. The van der Waals surface area contributed by atoms with Gasteiger partial charge in [0.2, 0.25) is 6.79 Å². The molecule has 4 heterocycles. The van der Waals surface area contributed by atoms with Crippen LogP contribution in [-0.4, -0.2) is 35.0 Å². The van der Waals surface area contributed by atoms with Gasteiger partial charge in [0, 0.05) is 11.6 Å². The van der Waals surface area contributed by atoms with Crippen LogP contribution >= 0.6 is 11.3 Å². The van der Waals surface area contributed by atoms with E-state index in [9.17, 15) is 19.5 Å². The number of hydrogen-bond acceptors (Lipinski definition) is 9. The van der Waals surface area contributed by atoms with E-state index in [1.807, 2.05) is 0 Å². The Morgan fingerprint density at radius 3 is 2.75 bits per heavy atom. The van der Waals surface area contributed by atoms with Crippen LogP contribution in [0.2, 0.25) is 0 Å². The number of allylic oxidation sites excluding steroid dienone is 1. The van der Waals surface area contributed by atoms with Gasteiger partial charge in [0.25, 0.3) is 5.56 Å². The minimum atomic E-state index is -1.07. The Morgan fingerprint density at radius 1 is 1.15 bits per heavy atom. The summed E-state index contributed by atoms with van der Waals surface area (Å²) in [5.41, 5.74) is 1.50. The van der Waals surface area contributed by atoms with Crippen LogP contribution in [0.1, 0.15) is 41.6 Å². The van der Waals surface area contributed by atoms with E-state index in [0.717, 1.165) is 11.3 Å². The van der Waals surface area contributed by atoms with E-state index >= 15 is 0 Å². The fourth-order valence-electron chi connectivity index (χ4n) is 4.78. The molecular weight excluding hydrogens is 536 g/mol. The SMILES string of the molecule is CCOC(=O)C1=C(C)N=c2sc(=Cc3ccc(-c4ccccc4C(=O)O)o3)c(=O)n2[C@@H]1c1ccc2c(c1)OCO2. The molecule has 40 heavy (non-hydrogen) atoms. The summed E-state index contributed by atoms with van der Waals surface area (Å²) in [6, 6.07) is 14.3. The Morgan fingerprint density at radius 2 is 1.95 bits per heavy atom. The lowest BCUT2D eigenvalue weighted by Gasteiger charge is -2.24. The third kappa shape index (κ3) is 4.30. The fourth-order valence-corrected chi connectivity index (χ4v) is 5.81. The second-order valence-corrected chi connectivity index (χ2v) is 9.98. The summed E-state index contributed by atoms with van der Waals surface area (Å²) in [4.78, 5) is 43.5. The zero-order valence-electron chi connectivity index (χ0n) is 21.4. The van der Waals surface area contributed by atoms with Crippen LogP contribution in [0.15, 0.2) is 80.1 Å². The Balaban J connectivity index is 1.48. The van der Waals surface area contributed by atoms with Crippen molar-refractivity contribution in [3.63, 3.8) is 0 Å². The summed E-state index contributed by atoms with van der Waals surface area (Å²) in [5.74, 6) is 0.179. The highest BCUT2D eigenvalue weighted by Crippen LogP contribution is 2.38. The molecular formula is C29H22N2O8S. The number of nitrogens with zero attached hydrogens (tertiary/aromatic N) is 2. The van der Waals surface area contributed by atoms with E-state index in [0.29, 0.717) is 49.2 Å². The first-order chi connectivity index (χ1) is 19.4. The van der Waals surface area contributed by atoms with E-state index < -0.39 is 18.0 Å². The van der Waals surface area contributed by atoms with Crippen LogP contribution in [0.4, 0.5) is 0 Å². The number of ether oxygens (including phenoxy) is 3. The Hall–Kier alpha value is -4.90. The lowest BCUT2D eigenvalue weighted by atomic mass is 9.95. The van der Waals surface area contributed by atoms with E-state index in [1.54, 1.807) is 68.5 Å². The van der Waals surface area contributed by atoms with E-state index in [-0.39, 0.29) is 30.1 Å². The molecule has 6 rings (SSSR count). The average molecular weight is 559 g/mol. The van der Waals surface area contributed by atoms with Crippen LogP contribution in [0.5, 0.6) is 11.5 Å². The number of furan rings is 1. The van der Waals surface area contributed by atoms with Gasteiger partial charge >= 0.3 is 11.9 Å². The number of aromatic nitrogens is 1. The summed E-state index contributed by atoms with van der Waals surface area (Å²) in [5, 5.41) is 9.53. The van der Waals surface area contributed by atoms with Crippen molar-refractivity contribution >= 4 is 29.4 Å². The molecule has 1 N–H and O–H groups in total. The molecule has 202 valence electrons. The molecule has 11 heteroatoms. The van der Waals surface area contributed by atoms with Gasteiger partial charge in [-0.2, -0.15) is 0 Å². The number of carbonyl (C=O) groups is 2. The van der Waals surface area contributed by atoms with E-state index in [2.05, 4.69) is 4.99 Å². The third-order valence-corrected chi connectivity index (χ3v) is 7.54. The number of carboxylic acid groups (broad SMARTS) is 1. The molecule has 0 fully saturated rings. The maximum absolute atomic E-state index is 13.8. The number of thiazole rings is 1.